The summed E-state index contributed by atoms with van der Waals surface area (Å²) in [5.41, 5.74) is 10.6. The Morgan fingerprint density at radius 1 is 1.39 bits per heavy atom. The fourth-order valence-corrected chi connectivity index (χ4v) is 1.17. The molecule has 0 bridgehead atoms. The van der Waals surface area contributed by atoms with Gasteiger partial charge < -0.3 is 21.9 Å². The summed E-state index contributed by atoms with van der Waals surface area (Å²) >= 11 is 0. The van der Waals surface area contributed by atoms with Crippen LogP contribution in [0.5, 0.6) is 0 Å². The van der Waals surface area contributed by atoms with Crippen molar-refractivity contribution in [3.05, 3.63) is 24.0 Å². The van der Waals surface area contributed by atoms with Crippen LogP contribution >= 0.6 is 0 Å². The van der Waals surface area contributed by atoms with Crippen molar-refractivity contribution >= 4 is 23.5 Å². The van der Waals surface area contributed by atoms with Gasteiger partial charge in [0.1, 0.15) is 11.7 Å². The number of nitrogen functional groups attached to an aromatic ring is 1. The molecule has 0 saturated heterocycles. The quantitative estimate of drug-likeness (QED) is 0.513. The average molecular weight is 252 g/mol. The van der Waals surface area contributed by atoms with Crippen molar-refractivity contribution in [1.29, 1.82) is 0 Å². The normalized spacial score (nSPS) is 11.6. The van der Waals surface area contributed by atoms with Gasteiger partial charge in [-0.1, -0.05) is 0 Å². The molecule has 1 aromatic heterocycles. The second-order valence-corrected chi connectivity index (χ2v) is 3.51. The van der Waals surface area contributed by atoms with Crippen LogP contribution in [0.25, 0.3) is 0 Å². The molecule has 1 heterocycles. The van der Waals surface area contributed by atoms with Gasteiger partial charge in [0.05, 0.1) is 18.3 Å². The van der Waals surface area contributed by atoms with Crippen LogP contribution in [0.15, 0.2) is 18.3 Å². The number of aliphatic carboxylic acids is 1. The SMILES string of the molecule is NC(=O)C[C@H](NC(=O)c1ccc(N)cn1)C(=O)O. The smallest absolute Gasteiger partial charge is 0.326 e. The molecule has 1 aromatic rings. The number of pyridine rings is 1. The third-order valence-corrected chi connectivity index (χ3v) is 2.03. The van der Waals surface area contributed by atoms with Crippen molar-refractivity contribution in [3.63, 3.8) is 0 Å². The van der Waals surface area contributed by atoms with Gasteiger partial charge in [-0.25, -0.2) is 9.78 Å². The first-order valence-electron chi connectivity index (χ1n) is 4.93. The maximum atomic E-state index is 11.6. The Morgan fingerprint density at radius 3 is 2.50 bits per heavy atom. The zero-order chi connectivity index (χ0) is 13.7. The molecule has 18 heavy (non-hydrogen) atoms. The summed E-state index contributed by atoms with van der Waals surface area (Å²) in [6, 6.07) is 1.41. The van der Waals surface area contributed by atoms with Crippen molar-refractivity contribution < 1.29 is 19.5 Å². The zero-order valence-electron chi connectivity index (χ0n) is 9.29. The largest absolute Gasteiger partial charge is 0.480 e. The number of primary amides is 1. The Kier molecular flexibility index (Phi) is 4.19. The molecule has 0 spiro atoms. The van der Waals surface area contributed by atoms with Gasteiger partial charge in [-0.15, -0.1) is 0 Å². The van der Waals surface area contributed by atoms with Crippen LogP contribution in [0, 0.1) is 0 Å². The molecule has 6 N–H and O–H groups in total. The molecule has 8 nitrogen and oxygen atoms in total. The first-order valence-corrected chi connectivity index (χ1v) is 4.93. The topological polar surface area (TPSA) is 148 Å². The van der Waals surface area contributed by atoms with E-state index in [-0.39, 0.29) is 5.69 Å². The first kappa shape index (κ1) is 13.4. The molecule has 2 amide bonds. The second kappa shape index (κ2) is 5.62. The Balaban J connectivity index is 2.75. The maximum Gasteiger partial charge on any atom is 0.326 e. The van der Waals surface area contributed by atoms with Crippen molar-refractivity contribution in [3.8, 4) is 0 Å². The van der Waals surface area contributed by atoms with Crippen LogP contribution in [-0.4, -0.2) is 33.9 Å². The van der Waals surface area contributed by atoms with Crippen LogP contribution in [0.1, 0.15) is 16.9 Å². The van der Waals surface area contributed by atoms with E-state index in [9.17, 15) is 14.4 Å². The van der Waals surface area contributed by atoms with E-state index < -0.39 is 30.2 Å². The molecule has 1 rings (SSSR count). The van der Waals surface area contributed by atoms with Crippen LogP contribution in [-0.2, 0) is 9.59 Å². The third-order valence-electron chi connectivity index (χ3n) is 2.03. The van der Waals surface area contributed by atoms with E-state index in [1.54, 1.807) is 0 Å². The Labute approximate surface area is 102 Å². The predicted molar refractivity (Wildman–Crippen MR) is 61.4 cm³/mol. The number of hydrogen-bond acceptors (Lipinski definition) is 5. The predicted octanol–water partition coefficient (Wildman–Crippen LogP) is -1.28. The van der Waals surface area contributed by atoms with Crippen LogP contribution in [0.2, 0.25) is 0 Å². The van der Waals surface area contributed by atoms with E-state index in [4.69, 9.17) is 16.6 Å². The molecule has 0 aliphatic heterocycles. The highest BCUT2D eigenvalue weighted by atomic mass is 16.4. The number of rotatable bonds is 5. The number of carboxylic acids is 1. The number of anilines is 1. The number of carbonyl (C=O) groups excluding carboxylic acids is 2. The second-order valence-electron chi connectivity index (χ2n) is 3.51. The van der Waals surface area contributed by atoms with Gasteiger partial charge in [-0.05, 0) is 12.1 Å². The van der Waals surface area contributed by atoms with E-state index >= 15 is 0 Å². The summed E-state index contributed by atoms with van der Waals surface area (Å²) in [6.07, 6.45) is 0.773. The average Bonchev–Trinajstić information content (AvgIpc) is 2.28. The lowest BCUT2D eigenvalue weighted by Gasteiger charge is -2.12. The van der Waals surface area contributed by atoms with Crippen molar-refractivity contribution in [1.82, 2.24) is 10.3 Å². The van der Waals surface area contributed by atoms with Crippen molar-refractivity contribution in [2.75, 3.05) is 5.73 Å². The monoisotopic (exact) mass is 252 g/mol. The summed E-state index contributed by atoms with van der Waals surface area (Å²) in [7, 11) is 0. The number of carboxylic acid groups (broad SMARTS) is 1. The molecule has 0 unspecified atom stereocenters. The zero-order valence-corrected chi connectivity index (χ0v) is 9.29. The molecular formula is C10H12N4O4. The number of aromatic nitrogens is 1. The van der Waals surface area contributed by atoms with Gasteiger partial charge in [0.15, 0.2) is 0 Å². The minimum Gasteiger partial charge on any atom is -0.480 e. The molecule has 0 saturated carbocycles. The maximum absolute atomic E-state index is 11.6. The number of nitrogens with two attached hydrogens (primary N) is 2. The highest BCUT2D eigenvalue weighted by Crippen LogP contribution is 2.02. The molecule has 0 aromatic carbocycles. The molecule has 0 fully saturated rings. The standard InChI is InChI=1S/C10H12N4O4/c11-5-1-2-6(13-4-5)9(16)14-7(10(17)18)3-8(12)15/h1-2,4,7H,3,11H2,(H2,12,15)(H,14,16)(H,17,18)/t7-/m0/s1. The van der Waals surface area contributed by atoms with Gasteiger partial charge >= 0.3 is 5.97 Å². The molecule has 0 aliphatic carbocycles. The number of nitrogens with zero attached hydrogens (tertiary/aromatic N) is 1. The summed E-state index contributed by atoms with van der Waals surface area (Å²) in [6.45, 7) is 0. The van der Waals surface area contributed by atoms with E-state index in [2.05, 4.69) is 10.3 Å². The van der Waals surface area contributed by atoms with E-state index in [1.165, 1.54) is 18.3 Å². The van der Waals surface area contributed by atoms with Crippen molar-refractivity contribution in [2.45, 2.75) is 12.5 Å². The molecule has 8 heteroatoms. The van der Waals surface area contributed by atoms with Gasteiger partial charge in [-0.2, -0.15) is 0 Å². The fourth-order valence-electron chi connectivity index (χ4n) is 1.17. The van der Waals surface area contributed by atoms with Gasteiger partial charge in [-0.3, -0.25) is 9.59 Å². The van der Waals surface area contributed by atoms with E-state index in [0.717, 1.165) is 0 Å². The summed E-state index contributed by atoms with van der Waals surface area (Å²) < 4.78 is 0. The van der Waals surface area contributed by atoms with Gasteiger partial charge in [0.2, 0.25) is 5.91 Å². The number of nitrogens with one attached hydrogen (secondary N) is 1. The molecule has 0 aliphatic rings. The minimum atomic E-state index is -1.38. The minimum absolute atomic E-state index is 0.0000737. The molecule has 1 atom stereocenters. The first-order chi connectivity index (χ1) is 8.40. The summed E-state index contributed by atoms with van der Waals surface area (Å²) in [5.74, 6) is -2.89. The lowest BCUT2D eigenvalue weighted by Crippen LogP contribution is -2.43. The van der Waals surface area contributed by atoms with Gasteiger partial charge in [0.25, 0.3) is 5.91 Å². The highest BCUT2D eigenvalue weighted by Gasteiger charge is 2.23. The number of carbonyl (C=O) groups is 3. The van der Waals surface area contributed by atoms with Gasteiger partial charge in [0, 0.05) is 0 Å². The van der Waals surface area contributed by atoms with E-state index in [0.29, 0.717) is 5.69 Å². The fraction of sp³-hybridized carbons (Fsp3) is 0.200. The summed E-state index contributed by atoms with van der Waals surface area (Å²) in [4.78, 5) is 36.8. The van der Waals surface area contributed by atoms with Crippen LogP contribution in [0.3, 0.4) is 0 Å². The highest BCUT2D eigenvalue weighted by molar-refractivity contribution is 5.96. The Morgan fingerprint density at radius 2 is 2.06 bits per heavy atom. The third kappa shape index (κ3) is 3.74. The summed E-state index contributed by atoms with van der Waals surface area (Å²) in [5, 5.41) is 10.9. The molecule has 0 radical (unpaired) electrons. The lowest BCUT2D eigenvalue weighted by atomic mass is 10.2. The van der Waals surface area contributed by atoms with Crippen LogP contribution in [0.4, 0.5) is 5.69 Å². The lowest BCUT2D eigenvalue weighted by molar-refractivity contribution is -0.140. The number of hydrogen-bond donors (Lipinski definition) is 4. The number of amides is 2. The molecular weight excluding hydrogens is 240 g/mol. The van der Waals surface area contributed by atoms with Crippen LogP contribution < -0.4 is 16.8 Å². The Hall–Kier alpha value is -2.64. The van der Waals surface area contributed by atoms with Crippen molar-refractivity contribution in [2.24, 2.45) is 5.73 Å². The molecule has 96 valence electrons. The Bertz CT molecular complexity index is 471. The van der Waals surface area contributed by atoms with E-state index in [1.807, 2.05) is 0 Å².